The molecule has 1 heterocycles. The summed E-state index contributed by atoms with van der Waals surface area (Å²) >= 11 is 0. The highest BCUT2D eigenvalue weighted by Gasteiger charge is 2.11. The maximum atomic E-state index is 12.7. The van der Waals surface area contributed by atoms with Gasteiger partial charge in [0.05, 0.1) is 21.3 Å². The number of hydrogen-bond donors (Lipinski definition) is 1. The number of carbonyl (C=O) groups is 1. The first-order valence-electron chi connectivity index (χ1n) is 10.4. The normalized spacial score (nSPS) is 10.3. The number of methoxy groups -OCH3 is 3. The molecule has 0 aliphatic heterocycles. The number of nitrogens with one attached hydrogen (secondary N) is 1. The van der Waals surface area contributed by atoms with Crippen LogP contribution in [0.5, 0.6) is 28.9 Å². The summed E-state index contributed by atoms with van der Waals surface area (Å²) in [6.07, 6.45) is 1.62. The number of nitrogens with zero attached hydrogens (tertiary/aromatic N) is 2. The van der Waals surface area contributed by atoms with Gasteiger partial charge in [-0.2, -0.15) is 4.98 Å². The van der Waals surface area contributed by atoms with E-state index in [0.29, 0.717) is 46.0 Å². The molecule has 0 unspecified atom stereocenters. The molecule has 4 rings (SSSR count). The number of carbonyl (C=O) groups excluding carboxylic acids is 1. The highest BCUT2D eigenvalue weighted by molar-refractivity contribution is 6.04. The molecule has 0 fully saturated rings. The molecule has 0 aliphatic carbocycles. The average molecular weight is 457 g/mol. The molecule has 3 aromatic carbocycles. The Labute approximate surface area is 197 Å². The molecule has 0 radical (unpaired) electrons. The lowest BCUT2D eigenvalue weighted by Crippen LogP contribution is -2.12. The maximum absolute atomic E-state index is 12.7. The van der Waals surface area contributed by atoms with Crippen molar-refractivity contribution in [2.75, 3.05) is 26.6 Å². The second kappa shape index (κ2) is 10.4. The van der Waals surface area contributed by atoms with Crippen molar-refractivity contribution in [3.63, 3.8) is 0 Å². The summed E-state index contributed by atoms with van der Waals surface area (Å²) in [5, 5.41) is 2.85. The number of ether oxygens (including phenoxy) is 4. The average Bonchev–Trinajstić information content (AvgIpc) is 2.88. The van der Waals surface area contributed by atoms with Crippen LogP contribution in [0.3, 0.4) is 0 Å². The van der Waals surface area contributed by atoms with Gasteiger partial charge >= 0.3 is 0 Å². The molecule has 172 valence electrons. The van der Waals surface area contributed by atoms with E-state index in [9.17, 15) is 4.79 Å². The molecule has 4 aromatic rings. The summed E-state index contributed by atoms with van der Waals surface area (Å²) in [6.45, 7) is 0. The van der Waals surface area contributed by atoms with Crippen molar-refractivity contribution in [3.8, 4) is 40.3 Å². The molecule has 1 amide bonds. The molecular formula is C26H23N3O5. The zero-order valence-electron chi connectivity index (χ0n) is 18.9. The van der Waals surface area contributed by atoms with E-state index >= 15 is 0 Å². The van der Waals surface area contributed by atoms with Crippen LogP contribution in [-0.4, -0.2) is 37.2 Å². The van der Waals surface area contributed by atoms with E-state index < -0.39 is 0 Å². The van der Waals surface area contributed by atoms with E-state index in [-0.39, 0.29) is 5.91 Å². The van der Waals surface area contributed by atoms with E-state index in [1.54, 1.807) is 82.1 Å². The Kier molecular flexibility index (Phi) is 6.88. The molecule has 34 heavy (non-hydrogen) atoms. The highest BCUT2D eigenvalue weighted by atomic mass is 16.5. The predicted octanol–water partition coefficient (Wildman–Crippen LogP) is 5.21. The van der Waals surface area contributed by atoms with Gasteiger partial charge in [-0.1, -0.05) is 18.2 Å². The van der Waals surface area contributed by atoms with Crippen LogP contribution in [0.2, 0.25) is 0 Å². The summed E-state index contributed by atoms with van der Waals surface area (Å²) < 4.78 is 21.5. The third kappa shape index (κ3) is 5.42. The predicted molar refractivity (Wildman–Crippen MR) is 128 cm³/mol. The molecule has 8 heteroatoms. The first-order chi connectivity index (χ1) is 16.6. The second-order valence-corrected chi connectivity index (χ2v) is 7.13. The quantitative estimate of drug-likeness (QED) is 0.388. The van der Waals surface area contributed by atoms with Crippen LogP contribution in [0, 0.1) is 0 Å². The Morgan fingerprint density at radius 1 is 0.765 bits per heavy atom. The first kappa shape index (κ1) is 22.6. The molecular weight excluding hydrogens is 434 g/mol. The van der Waals surface area contributed by atoms with Crippen molar-refractivity contribution < 1.29 is 23.7 Å². The lowest BCUT2D eigenvalue weighted by molar-refractivity contribution is 0.102. The van der Waals surface area contributed by atoms with Crippen LogP contribution in [0.4, 0.5) is 5.69 Å². The Hall–Kier alpha value is -4.59. The van der Waals surface area contributed by atoms with Crippen molar-refractivity contribution in [1.29, 1.82) is 0 Å². The fraction of sp³-hybridized carbons (Fsp3) is 0.115. The molecule has 0 spiro atoms. The van der Waals surface area contributed by atoms with E-state index in [0.717, 1.165) is 5.56 Å². The number of hydrogen-bond acceptors (Lipinski definition) is 7. The minimum absolute atomic E-state index is 0.266. The number of aromatic nitrogens is 2. The maximum Gasteiger partial charge on any atom is 0.255 e. The molecule has 1 N–H and O–H groups in total. The lowest BCUT2D eigenvalue weighted by Gasteiger charge is -2.10. The van der Waals surface area contributed by atoms with Gasteiger partial charge in [0, 0.05) is 53.3 Å². The van der Waals surface area contributed by atoms with Crippen molar-refractivity contribution in [2.45, 2.75) is 0 Å². The molecule has 1 aromatic heterocycles. The first-order valence-corrected chi connectivity index (χ1v) is 10.4. The van der Waals surface area contributed by atoms with E-state index in [1.165, 1.54) is 0 Å². The Bertz CT molecular complexity index is 1270. The van der Waals surface area contributed by atoms with Gasteiger partial charge in [-0.3, -0.25) is 4.79 Å². The number of amides is 1. The number of benzene rings is 3. The van der Waals surface area contributed by atoms with Crippen molar-refractivity contribution in [2.24, 2.45) is 0 Å². The zero-order chi connectivity index (χ0) is 23.9. The topological polar surface area (TPSA) is 91.8 Å². The van der Waals surface area contributed by atoms with Crippen molar-refractivity contribution in [3.05, 3.63) is 84.6 Å². The third-order valence-electron chi connectivity index (χ3n) is 4.91. The fourth-order valence-corrected chi connectivity index (χ4v) is 3.18. The van der Waals surface area contributed by atoms with Gasteiger partial charge in [0.25, 0.3) is 5.91 Å². The number of anilines is 1. The molecule has 0 atom stereocenters. The molecule has 8 nitrogen and oxygen atoms in total. The van der Waals surface area contributed by atoms with Gasteiger partial charge < -0.3 is 24.3 Å². The van der Waals surface area contributed by atoms with Crippen LogP contribution >= 0.6 is 0 Å². The van der Waals surface area contributed by atoms with Crippen molar-refractivity contribution >= 4 is 11.6 Å². The SMILES string of the molecule is COc1cc(NC(=O)c2ccc(-c3nccc(Oc4cccc(OC)c4)n3)cc2)cc(OC)c1. The second-order valence-electron chi connectivity index (χ2n) is 7.13. The van der Waals surface area contributed by atoms with Crippen LogP contribution in [0.1, 0.15) is 10.4 Å². The lowest BCUT2D eigenvalue weighted by atomic mass is 10.1. The van der Waals surface area contributed by atoms with Crippen LogP contribution in [0.25, 0.3) is 11.4 Å². The van der Waals surface area contributed by atoms with Gasteiger partial charge in [-0.25, -0.2) is 4.98 Å². The number of rotatable bonds is 8. The summed E-state index contributed by atoms with van der Waals surface area (Å²) in [6, 6.07) is 21.1. The van der Waals surface area contributed by atoms with E-state index in [2.05, 4.69) is 15.3 Å². The van der Waals surface area contributed by atoms with Gasteiger partial charge in [-0.15, -0.1) is 0 Å². The minimum atomic E-state index is -0.266. The monoisotopic (exact) mass is 457 g/mol. The highest BCUT2D eigenvalue weighted by Crippen LogP contribution is 2.27. The largest absolute Gasteiger partial charge is 0.497 e. The molecule has 0 aliphatic rings. The van der Waals surface area contributed by atoms with E-state index in [4.69, 9.17) is 18.9 Å². The Balaban J connectivity index is 1.48. The summed E-state index contributed by atoms with van der Waals surface area (Å²) in [7, 11) is 4.70. The van der Waals surface area contributed by atoms with Gasteiger partial charge in [0.2, 0.25) is 5.88 Å². The Morgan fingerprint density at radius 3 is 2.09 bits per heavy atom. The van der Waals surface area contributed by atoms with Gasteiger partial charge in [0.1, 0.15) is 23.0 Å². The molecule has 0 bridgehead atoms. The standard InChI is InChI=1S/C26H23N3O5/c1-31-20-5-4-6-21(15-20)34-24-11-12-27-25(29-24)17-7-9-18(10-8-17)26(30)28-19-13-22(32-2)16-23(14-19)33-3/h4-16H,1-3H3,(H,28,30). The summed E-state index contributed by atoms with van der Waals surface area (Å²) in [5.41, 5.74) is 1.79. The molecule has 0 saturated heterocycles. The zero-order valence-corrected chi connectivity index (χ0v) is 18.9. The van der Waals surface area contributed by atoms with Crippen LogP contribution in [0.15, 0.2) is 79.0 Å². The van der Waals surface area contributed by atoms with Crippen LogP contribution in [-0.2, 0) is 0 Å². The van der Waals surface area contributed by atoms with Gasteiger partial charge in [0.15, 0.2) is 5.82 Å². The summed E-state index contributed by atoms with van der Waals surface area (Å²) in [5.74, 6) is 3.06. The third-order valence-corrected chi connectivity index (χ3v) is 4.91. The van der Waals surface area contributed by atoms with Crippen LogP contribution < -0.4 is 24.3 Å². The smallest absolute Gasteiger partial charge is 0.255 e. The summed E-state index contributed by atoms with van der Waals surface area (Å²) in [4.78, 5) is 21.5. The molecule has 0 saturated carbocycles. The minimum Gasteiger partial charge on any atom is -0.497 e. The van der Waals surface area contributed by atoms with Crippen molar-refractivity contribution in [1.82, 2.24) is 9.97 Å². The fourth-order valence-electron chi connectivity index (χ4n) is 3.18. The van der Waals surface area contributed by atoms with E-state index in [1.807, 2.05) is 18.2 Å². The van der Waals surface area contributed by atoms with Gasteiger partial charge in [-0.05, 0) is 24.3 Å². The Morgan fingerprint density at radius 2 is 1.41 bits per heavy atom.